The predicted molar refractivity (Wildman–Crippen MR) is 66.6 cm³/mol. The molecule has 1 aliphatic rings. The third kappa shape index (κ3) is 1.79. The van der Waals surface area contributed by atoms with Gasteiger partial charge in [0.2, 0.25) is 0 Å². The minimum atomic E-state index is 0.426. The summed E-state index contributed by atoms with van der Waals surface area (Å²) in [6.45, 7) is 3.23. The molecule has 0 spiro atoms. The van der Waals surface area contributed by atoms with Crippen molar-refractivity contribution in [1.29, 1.82) is 0 Å². The van der Waals surface area contributed by atoms with E-state index in [9.17, 15) is 0 Å². The monoisotopic (exact) mass is 233 g/mol. The van der Waals surface area contributed by atoms with Crippen molar-refractivity contribution in [2.45, 2.75) is 25.8 Å². The summed E-state index contributed by atoms with van der Waals surface area (Å²) in [5, 5.41) is 5.62. The lowest BCUT2D eigenvalue weighted by Gasteiger charge is -2.04. The lowest BCUT2D eigenvalue weighted by molar-refractivity contribution is 0.613. The van der Waals surface area contributed by atoms with Crippen LogP contribution in [0.5, 0.6) is 0 Å². The minimum Gasteiger partial charge on any atom is -0.340 e. The zero-order chi connectivity index (χ0) is 11.0. The lowest BCUT2D eigenvalue weighted by Crippen LogP contribution is -2.14. The van der Waals surface area contributed by atoms with Crippen molar-refractivity contribution in [1.82, 2.24) is 15.3 Å². The van der Waals surface area contributed by atoms with Crippen LogP contribution in [0.4, 0.5) is 0 Å². The first-order chi connectivity index (χ1) is 7.83. The van der Waals surface area contributed by atoms with Crippen LogP contribution in [-0.2, 0) is 0 Å². The van der Waals surface area contributed by atoms with Crippen molar-refractivity contribution in [2.75, 3.05) is 6.54 Å². The van der Waals surface area contributed by atoms with Gasteiger partial charge in [0, 0.05) is 0 Å². The van der Waals surface area contributed by atoms with E-state index >= 15 is 0 Å². The van der Waals surface area contributed by atoms with Gasteiger partial charge in [-0.3, -0.25) is 0 Å². The van der Waals surface area contributed by atoms with Gasteiger partial charge in [-0.15, -0.1) is 11.3 Å². The van der Waals surface area contributed by atoms with Gasteiger partial charge in [-0.05, 0) is 43.3 Å². The molecule has 0 saturated carbocycles. The van der Waals surface area contributed by atoms with Gasteiger partial charge in [-0.1, -0.05) is 0 Å². The van der Waals surface area contributed by atoms with Crippen molar-refractivity contribution in [2.24, 2.45) is 0 Å². The van der Waals surface area contributed by atoms with Crippen molar-refractivity contribution in [3.05, 3.63) is 29.0 Å². The van der Waals surface area contributed by atoms with E-state index in [4.69, 9.17) is 0 Å². The molecule has 2 N–H and O–H groups in total. The highest BCUT2D eigenvalue weighted by molar-refractivity contribution is 7.13. The molecular weight excluding hydrogens is 218 g/mol. The highest BCUT2D eigenvalue weighted by Crippen LogP contribution is 2.27. The Balaban J connectivity index is 1.87. The van der Waals surface area contributed by atoms with Gasteiger partial charge in [0.05, 0.1) is 22.8 Å². The number of imidazole rings is 1. The van der Waals surface area contributed by atoms with Crippen LogP contribution in [-0.4, -0.2) is 16.5 Å². The molecule has 1 aliphatic heterocycles. The summed E-state index contributed by atoms with van der Waals surface area (Å²) >= 11 is 1.77. The average Bonchev–Trinajstić information content (AvgIpc) is 2.97. The van der Waals surface area contributed by atoms with Gasteiger partial charge in [0.25, 0.3) is 0 Å². The van der Waals surface area contributed by atoms with Crippen LogP contribution in [0.15, 0.2) is 17.6 Å². The van der Waals surface area contributed by atoms with Gasteiger partial charge in [0.15, 0.2) is 0 Å². The van der Waals surface area contributed by atoms with Crippen molar-refractivity contribution in [3.63, 3.8) is 0 Å². The van der Waals surface area contributed by atoms with Crippen molar-refractivity contribution in [3.8, 4) is 10.6 Å². The Kier molecular flexibility index (Phi) is 2.53. The molecule has 0 unspecified atom stereocenters. The van der Waals surface area contributed by atoms with E-state index in [2.05, 4.69) is 33.7 Å². The van der Waals surface area contributed by atoms with Crippen LogP contribution >= 0.6 is 11.3 Å². The topological polar surface area (TPSA) is 40.7 Å². The van der Waals surface area contributed by atoms with Gasteiger partial charge < -0.3 is 10.3 Å². The summed E-state index contributed by atoms with van der Waals surface area (Å²) < 4.78 is 0. The first kappa shape index (κ1) is 10.1. The van der Waals surface area contributed by atoms with Crippen molar-refractivity contribution < 1.29 is 0 Å². The fourth-order valence-electron chi connectivity index (χ4n) is 2.13. The third-order valence-electron chi connectivity index (χ3n) is 2.98. The maximum Gasteiger partial charge on any atom is 0.123 e. The average molecular weight is 233 g/mol. The number of aromatic nitrogens is 2. The Hall–Kier alpha value is -1.13. The molecule has 3 rings (SSSR count). The SMILES string of the molecule is Cc1csc(-c2cnc([C@@H]3CCCN3)[nH]2)c1. The van der Waals surface area contributed by atoms with Gasteiger partial charge in [0.1, 0.15) is 5.82 Å². The Bertz CT molecular complexity index is 480. The molecule has 0 amide bonds. The normalized spacial score (nSPS) is 20.4. The van der Waals surface area contributed by atoms with E-state index in [0.29, 0.717) is 6.04 Å². The Morgan fingerprint density at radius 1 is 1.50 bits per heavy atom. The number of hydrogen-bond donors (Lipinski definition) is 2. The molecule has 3 nitrogen and oxygen atoms in total. The first-order valence-electron chi connectivity index (χ1n) is 5.67. The molecule has 0 bridgehead atoms. The maximum atomic E-state index is 4.47. The summed E-state index contributed by atoms with van der Waals surface area (Å²) in [5.74, 6) is 1.08. The molecule has 16 heavy (non-hydrogen) atoms. The zero-order valence-electron chi connectivity index (χ0n) is 9.29. The Labute approximate surface area is 98.9 Å². The van der Waals surface area contributed by atoms with Crippen LogP contribution in [0.1, 0.15) is 30.3 Å². The molecule has 2 aromatic rings. The summed E-state index contributed by atoms with van der Waals surface area (Å²) in [6.07, 6.45) is 4.38. The van der Waals surface area contributed by atoms with E-state index in [-0.39, 0.29) is 0 Å². The van der Waals surface area contributed by atoms with E-state index in [1.807, 2.05) is 6.20 Å². The van der Waals surface area contributed by atoms with Crippen molar-refractivity contribution >= 4 is 11.3 Å². The molecule has 1 saturated heterocycles. The van der Waals surface area contributed by atoms with E-state index < -0.39 is 0 Å². The Morgan fingerprint density at radius 3 is 3.12 bits per heavy atom. The second-order valence-corrected chi connectivity index (χ2v) is 5.23. The van der Waals surface area contributed by atoms with Gasteiger partial charge in [-0.2, -0.15) is 0 Å². The lowest BCUT2D eigenvalue weighted by atomic mass is 10.2. The second kappa shape index (κ2) is 4.03. The molecule has 2 aromatic heterocycles. The van der Waals surface area contributed by atoms with E-state index in [1.165, 1.54) is 23.3 Å². The van der Waals surface area contributed by atoms with Crippen LogP contribution in [0.25, 0.3) is 10.6 Å². The number of nitrogens with one attached hydrogen (secondary N) is 2. The largest absolute Gasteiger partial charge is 0.340 e. The number of nitrogens with zero attached hydrogens (tertiary/aromatic N) is 1. The first-order valence-corrected chi connectivity index (χ1v) is 6.55. The van der Waals surface area contributed by atoms with Gasteiger partial charge >= 0.3 is 0 Å². The molecule has 4 heteroatoms. The Morgan fingerprint density at radius 2 is 2.44 bits per heavy atom. The van der Waals surface area contributed by atoms with Gasteiger partial charge in [-0.25, -0.2) is 4.98 Å². The molecule has 84 valence electrons. The molecule has 3 heterocycles. The smallest absolute Gasteiger partial charge is 0.123 e. The number of hydrogen-bond acceptors (Lipinski definition) is 3. The molecule has 0 radical (unpaired) electrons. The van der Waals surface area contributed by atoms with Crippen LogP contribution in [0, 0.1) is 6.92 Å². The predicted octanol–water partition coefficient (Wildman–Crippen LogP) is 2.87. The van der Waals surface area contributed by atoms with E-state index in [1.54, 1.807) is 11.3 Å². The van der Waals surface area contributed by atoms with Crippen LogP contribution in [0.3, 0.4) is 0 Å². The molecule has 1 atom stereocenters. The van der Waals surface area contributed by atoms with Crippen LogP contribution < -0.4 is 5.32 Å². The van der Waals surface area contributed by atoms with Crippen LogP contribution in [0.2, 0.25) is 0 Å². The summed E-state index contributed by atoms with van der Waals surface area (Å²) in [7, 11) is 0. The molecular formula is C12H15N3S. The zero-order valence-corrected chi connectivity index (χ0v) is 10.1. The maximum absolute atomic E-state index is 4.47. The minimum absolute atomic E-state index is 0.426. The molecule has 0 aromatic carbocycles. The number of aryl methyl sites for hydroxylation is 1. The third-order valence-corrected chi connectivity index (χ3v) is 4.06. The number of aromatic amines is 1. The number of rotatable bonds is 2. The standard InChI is InChI=1S/C12H15N3S/c1-8-5-11(16-7-8)10-6-14-12(15-10)9-3-2-4-13-9/h5-7,9,13H,2-4H2,1H3,(H,14,15)/t9-/m0/s1. The molecule has 1 fully saturated rings. The van der Waals surface area contributed by atoms with E-state index in [0.717, 1.165) is 18.1 Å². The highest BCUT2D eigenvalue weighted by atomic mass is 32.1. The highest BCUT2D eigenvalue weighted by Gasteiger charge is 2.19. The number of thiophene rings is 1. The fourth-order valence-corrected chi connectivity index (χ4v) is 2.99. The summed E-state index contributed by atoms with van der Waals surface area (Å²) in [5.41, 5.74) is 2.46. The summed E-state index contributed by atoms with van der Waals surface area (Å²) in [6, 6.07) is 2.62. The molecule has 0 aliphatic carbocycles. The number of H-pyrrole nitrogens is 1. The second-order valence-electron chi connectivity index (χ2n) is 4.32. The summed E-state index contributed by atoms with van der Waals surface area (Å²) in [4.78, 5) is 9.17. The fraction of sp³-hybridized carbons (Fsp3) is 0.417. The quantitative estimate of drug-likeness (QED) is 0.837.